The van der Waals surface area contributed by atoms with Crippen LogP contribution in [0.4, 0.5) is 0 Å². The summed E-state index contributed by atoms with van der Waals surface area (Å²) in [6.07, 6.45) is 4.75. The van der Waals surface area contributed by atoms with Crippen molar-refractivity contribution in [2.24, 2.45) is 17.2 Å². The fraction of sp³-hybridized carbons (Fsp3) is 0.464. The van der Waals surface area contributed by atoms with E-state index in [-0.39, 0.29) is 37.2 Å². The number of aliphatic carboxylic acids is 2. The number of ether oxygens (including phenoxy) is 1. The van der Waals surface area contributed by atoms with E-state index in [0.717, 1.165) is 0 Å². The average Bonchev–Trinajstić information content (AvgIpc) is 2.95. The van der Waals surface area contributed by atoms with Crippen LogP contribution in [0.3, 0.4) is 0 Å². The number of aromatic hydroxyl groups is 2. The molecule has 1 aromatic heterocycles. The molecule has 0 saturated carbocycles. The van der Waals surface area contributed by atoms with Gasteiger partial charge in [-0.2, -0.15) is 0 Å². The molecule has 0 aliphatic heterocycles. The molecule has 0 fully saturated rings. The number of carboxylic acid groups (broad SMARTS) is 2. The number of pyridine rings is 1. The molecule has 2 rings (SSSR count). The highest BCUT2D eigenvalue weighted by Crippen LogP contribution is 2.22. The Balaban J connectivity index is 1.99. The summed E-state index contributed by atoms with van der Waals surface area (Å²) in [5, 5.41) is 41.0. The molecule has 0 aliphatic rings. The Morgan fingerprint density at radius 2 is 1.52 bits per heavy atom. The standard InChI is InChI=1S/C28H39N5O9/c1-42-28(41)23(12-16-5-8-18(34)9-6-16)32-25(36)20(29)4-2-3-11-33-14-17(7-10-21(30)26(37)38)19(24(35)15-33)13-22(31)27(39)40/h5-6,8-9,14-15,20-23H,2-4,7,10-13,29-31H2,1H3,(H4-,32,34,35,36,37,38,39,40)/p+1. The van der Waals surface area contributed by atoms with Crippen molar-refractivity contribution in [3.8, 4) is 11.5 Å². The molecule has 0 spiro atoms. The zero-order valence-corrected chi connectivity index (χ0v) is 23.4. The van der Waals surface area contributed by atoms with Gasteiger partial charge in [0.25, 0.3) is 0 Å². The number of carboxylic acids is 2. The van der Waals surface area contributed by atoms with Gasteiger partial charge in [-0.25, -0.2) is 9.36 Å². The molecule has 0 radical (unpaired) electrons. The van der Waals surface area contributed by atoms with E-state index < -0.39 is 48.0 Å². The zero-order chi connectivity index (χ0) is 31.4. The summed E-state index contributed by atoms with van der Waals surface area (Å²) in [6.45, 7) is 0.413. The molecule has 1 heterocycles. The van der Waals surface area contributed by atoms with Gasteiger partial charge in [-0.15, -0.1) is 0 Å². The number of carbonyl (C=O) groups is 4. The lowest BCUT2D eigenvalue weighted by atomic mass is 9.96. The molecule has 14 heteroatoms. The Morgan fingerprint density at radius 1 is 0.881 bits per heavy atom. The molecular formula is C28H40N5O9+. The Hall–Kier alpha value is -4.27. The first-order chi connectivity index (χ1) is 19.8. The van der Waals surface area contributed by atoms with E-state index in [4.69, 9.17) is 27.0 Å². The van der Waals surface area contributed by atoms with Crippen molar-refractivity contribution < 1.29 is 48.9 Å². The quantitative estimate of drug-likeness (QED) is 0.0633. The second-order valence-electron chi connectivity index (χ2n) is 10.1. The monoisotopic (exact) mass is 590 g/mol. The summed E-state index contributed by atoms with van der Waals surface area (Å²) in [5.74, 6) is -3.67. The topological polar surface area (TPSA) is 252 Å². The summed E-state index contributed by atoms with van der Waals surface area (Å²) in [5.41, 5.74) is 18.9. The number of nitrogens with two attached hydrogens (primary N) is 3. The number of methoxy groups -OCH3 is 1. The number of aromatic nitrogens is 1. The molecule has 42 heavy (non-hydrogen) atoms. The minimum absolute atomic E-state index is 0.0668. The largest absolute Gasteiger partial charge is 0.508 e. The van der Waals surface area contributed by atoms with Gasteiger partial charge in [0.05, 0.1) is 13.2 Å². The second-order valence-corrected chi connectivity index (χ2v) is 10.1. The molecule has 4 atom stereocenters. The van der Waals surface area contributed by atoms with E-state index in [2.05, 4.69) is 5.32 Å². The average molecular weight is 591 g/mol. The van der Waals surface area contributed by atoms with Crippen molar-refractivity contribution in [1.29, 1.82) is 0 Å². The minimum atomic E-state index is -1.26. The number of amides is 1. The molecule has 230 valence electrons. The third kappa shape index (κ3) is 10.6. The number of rotatable bonds is 17. The number of benzene rings is 1. The normalized spacial score (nSPS) is 13.9. The van der Waals surface area contributed by atoms with Crippen LogP contribution in [0.5, 0.6) is 11.5 Å². The Bertz CT molecular complexity index is 1240. The van der Waals surface area contributed by atoms with Crippen molar-refractivity contribution in [2.75, 3.05) is 7.11 Å². The van der Waals surface area contributed by atoms with Gasteiger partial charge in [0.15, 0.2) is 11.9 Å². The van der Waals surface area contributed by atoms with Gasteiger partial charge in [-0.05, 0) is 43.4 Å². The molecule has 4 unspecified atom stereocenters. The molecule has 1 amide bonds. The fourth-order valence-corrected chi connectivity index (χ4v) is 4.31. The summed E-state index contributed by atoms with van der Waals surface area (Å²) in [6, 6.07) is 1.96. The fourth-order valence-electron chi connectivity index (χ4n) is 4.31. The van der Waals surface area contributed by atoms with Crippen LogP contribution in [0.2, 0.25) is 0 Å². The highest BCUT2D eigenvalue weighted by molar-refractivity contribution is 5.87. The zero-order valence-electron chi connectivity index (χ0n) is 23.4. The molecule has 0 saturated heterocycles. The Kier molecular flexibility index (Phi) is 13.1. The lowest BCUT2D eigenvalue weighted by molar-refractivity contribution is -0.698. The molecular weight excluding hydrogens is 550 g/mol. The van der Waals surface area contributed by atoms with Gasteiger partial charge < -0.3 is 47.7 Å². The van der Waals surface area contributed by atoms with Gasteiger partial charge in [-0.1, -0.05) is 12.1 Å². The highest BCUT2D eigenvalue weighted by Gasteiger charge is 2.26. The Morgan fingerprint density at radius 3 is 2.12 bits per heavy atom. The second kappa shape index (κ2) is 16.2. The summed E-state index contributed by atoms with van der Waals surface area (Å²) >= 11 is 0. The lowest BCUT2D eigenvalue weighted by Gasteiger charge is -2.19. The van der Waals surface area contributed by atoms with Crippen molar-refractivity contribution in [3.05, 3.63) is 53.3 Å². The van der Waals surface area contributed by atoms with E-state index in [1.165, 1.54) is 25.4 Å². The predicted octanol–water partition coefficient (Wildman–Crippen LogP) is -0.918. The smallest absolute Gasteiger partial charge is 0.328 e. The van der Waals surface area contributed by atoms with Crippen LogP contribution < -0.4 is 27.1 Å². The number of nitrogens with one attached hydrogen (secondary N) is 1. The number of phenols is 1. The maximum atomic E-state index is 12.7. The van der Waals surface area contributed by atoms with E-state index >= 15 is 0 Å². The first kappa shape index (κ1) is 33.9. The lowest BCUT2D eigenvalue weighted by Crippen LogP contribution is -2.49. The van der Waals surface area contributed by atoms with E-state index in [1.807, 2.05) is 0 Å². The highest BCUT2D eigenvalue weighted by atomic mass is 16.5. The van der Waals surface area contributed by atoms with Crippen LogP contribution in [-0.2, 0) is 49.7 Å². The van der Waals surface area contributed by atoms with Crippen LogP contribution in [0.15, 0.2) is 36.7 Å². The predicted molar refractivity (Wildman–Crippen MR) is 149 cm³/mol. The summed E-state index contributed by atoms with van der Waals surface area (Å²) in [4.78, 5) is 47.3. The van der Waals surface area contributed by atoms with Crippen LogP contribution >= 0.6 is 0 Å². The van der Waals surface area contributed by atoms with E-state index in [0.29, 0.717) is 42.5 Å². The number of esters is 1. The van der Waals surface area contributed by atoms with Crippen molar-refractivity contribution in [1.82, 2.24) is 5.32 Å². The van der Waals surface area contributed by atoms with Gasteiger partial charge in [0.1, 0.15) is 30.4 Å². The number of unbranched alkanes of at least 4 members (excludes halogenated alkanes) is 1. The van der Waals surface area contributed by atoms with E-state index in [1.54, 1.807) is 22.9 Å². The first-order valence-electron chi connectivity index (χ1n) is 13.4. The Labute approximate surface area is 243 Å². The van der Waals surface area contributed by atoms with Gasteiger partial charge in [0, 0.05) is 30.4 Å². The number of aryl methyl sites for hydroxylation is 2. The van der Waals surface area contributed by atoms with Gasteiger partial charge in [0.2, 0.25) is 12.1 Å². The number of phenolic OH excluding ortho intramolecular Hbond substituents is 1. The van der Waals surface area contributed by atoms with Gasteiger partial charge in [-0.3, -0.25) is 14.4 Å². The van der Waals surface area contributed by atoms with Crippen LogP contribution in [0.25, 0.3) is 0 Å². The number of carbonyl (C=O) groups excluding carboxylic acids is 2. The minimum Gasteiger partial charge on any atom is -0.508 e. The molecule has 1 aromatic carbocycles. The number of hydrogen-bond acceptors (Lipinski definition) is 10. The van der Waals surface area contributed by atoms with Crippen molar-refractivity contribution in [2.45, 2.75) is 75.7 Å². The van der Waals surface area contributed by atoms with Crippen molar-refractivity contribution in [3.63, 3.8) is 0 Å². The summed E-state index contributed by atoms with van der Waals surface area (Å²) in [7, 11) is 1.21. The number of hydrogen-bond donors (Lipinski definition) is 8. The molecule has 0 bridgehead atoms. The maximum Gasteiger partial charge on any atom is 0.328 e. The molecule has 11 N–H and O–H groups in total. The molecule has 14 nitrogen and oxygen atoms in total. The third-order valence-electron chi connectivity index (χ3n) is 6.79. The third-order valence-corrected chi connectivity index (χ3v) is 6.79. The first-order valence-corrected chi connectivity index (χ1v) is 13.4. The van der Waals surface area contributed by atoms with Crippen molar-refractivity contribution >= 4 is 23.8 Å². The molecule has 2 aromatic rings. The van der Waals surface area contributed by atoms with E-state index in [9.17, 15) is 34.5 Å². The van der Waals surface area contributed by atoms with Crippen LogP contribution in [0.1, 0.15) is 42.4 Å². The maximum absolute atomic E-state index is 12.7. The van der Waals surface area contributed by atoms with Crippen LogP contribution in [-0.4, -0.2) is 75.5 Å². The SMILES string of the molecule is COC(=O)C(Cc1ccc(O)cc1)NC(=O)C(N)CCCC[n+]1cc(O)c(CC(N)C(=O)O)c(CCC(N)C(=O)O)c1. The van der Waals surface area contributed by atoms with Crippen LogP contribution in [0, 0.1) is 0 Å². The van der Waals surface area contributed by atoms with Gasteiger partial charge >= 0.3 is 17.9 Å². The number of nitrogens with zero attached hydrogens (tertiary/aromatic N) is 1. The molecule has 0 aliphatic carbocycles. The summed E-state index contributed by atoms with van der Waals surface area (Å²) < 4.78 is 6.48.